The largest absolute Gasteiger partial charge is 0.405 e. The Labute approximate surface area is 149 Å². The van der Waals surface area contributed by atoms with Crippen LogP contribution in [0, 0.1) is 11.2 Å². The van der Waals surface area contributed by atoms with Crippen LogP contribution in [0.3, 0.4) is 0 Å². The summed E-state index contributed by atoms with van der Waals surface area (Å²) in [6, 6.07) is 3.62. The smallest absolute Gasteiger partial charge is 0.369 e. The second kappa shape index (κ2) is 6.14. The fourth-order valence-electron chi connectivity index (χ4n) is 3.06. The van der Waals surface area contributed by atoms with E-state index in [1.54, 1.807) is 20.8 Å². The van der Waals surface area contributed by atoms with Crippen molar-refractivity contribution in [3.05, 3.63) is 29.6 Å². The monoisotopic (exact) mass is 374 g/mol. The number of carbonyl (C=O) groups excluding carboxylic acids is 1. The summed E-state index contributed by atoms with van der Waals surface area (Å²) in [5, 5.41) is 0. The van der Waals surface area contributed by atoms with E-state index < -0.39 is 29.5 Å². The number of halogens is 4. The Hall–Kier alpha value is -2.32. The molecule has 2 rings (SSSR count). The molecule has 9 heteroatoms. The third kappa shape index (κ3) is 3.22. The van der Waals surface area contributed by atoms with E-state index in [4.69, 9.17) is 5.73 Å². The first kappa shape index (κ1) is 20.0. The highest BCUT2D eigenvalue weighted by Crippen LogP contribution is 2.47. The lowest BCUT2D eigenvalue weighted by Gasteiger charge is -2.46. The molecule has 0 saturated heterocycles. The molecule has 1 aromatic rings. The Morgan fingerprint density at radius 1 is 1.27 bits per heavy atom. The van der Waals surface area contributed by atoms with Crippen LogP contribution in [0.1, 0.15) is 26.3 Å². The molecule has 0 spiro atoms. The van der Waals surface area contributed by atoms with E-state index in [1.165, 1.54) is 31.1 Å². The molecule has 1 aliphatic heterocycles. The van der Waals surface area contributed by atoms with Gasteiger partial charge >= 0.3 is 6.18 Å². The van der Waals surface area contributed by atoms with Gasteiger partial charge in [0, 0.05) is 25.3 Å². The van der Waals surface area contributed by atoms with Crippen molar-refractivity contribution in [2.75, 3.05) is 25.5 Å². The molecule has 1 aromatic carbocycles. The van der Waals surface area contributed by atoms with Crippen molar-refractivity contribution in [1.82, 2.24) is 4.90 Å². The fourth-order valence-corrected chi connectivity index (χ4v) is 3.06. The standard InChI is InChI=1S/C17H22F4N4O/c1-15(2)13(26)25(5)14(22)23-16(15,3)11-8-10(6-7-12(11)18)24(4)9-17(19,20)21/h6-8H,9H2,1-5H3,(H2,22,23)/t16-/m1/s1. The first-order valence-corrected chi connectivity index (χ1v) is 7.92. The first-order valence-electron chi connectivity index (χ1n) is 7.92. The molecule has 0 bridgehead atoms. The van der Waals surface area contributed by atoms with Crippen LogP contribution in [0.15, 0.2) is 23.2 Å². The number of anilines is 1. The Kier molecular flexibility index (Phi) is 4.72. The van der Waals surface area contributed by atoms with Gasteiger partial charge in [-0.3, -0.25) is 9.69 Å². The highest BCUT2D eigenvalue weighted by atomic mass is 19.4. The molecule has 144 valence electrons. The number of amides is 1. The van der Waals surface area contributed by atoms with Crippen LogP contribution in [0.5, 0.6) is 0 Å². The molecule has 0 unspecified atom stereocenters. The van der Waals surface area contributed by atoms with Crippen molar-refractivity contribution < 1.29 is 22.4 Å². The SMILES string of the molecule is CN1C(=O)C(C)(C)[C@@](C)(c2cc(N(C)CC(F)(F)F)ccc2F)N=C1N. The molecule has 26 heavy (non-hydrogen) atoms. The lowest BCUT2D eigenvalue weighted by Crippen LogP contribution is -2.58. The molecule has 0 radical (unpaired) electrons. The molecule has 1 amide bonds. The maximum absolute atomic E-state index is 14.6. The molecule has 1 atom stereocenters. The molecule has 1 aliphatic rings. The van der Waals surface area contributed by atoms with Crippen molar-refractivity contribution in [2.24, 2.45) is 16.1 Å². The fraction of sp³-hybridized carbons (Fsp3) is 0.529. The minimum Gasteiger partial charge on any atom is -0.369 e. The number of nitrogens with two attached hydrogens (primary N) is 1. The number of guanidine groups is 1. The summed E-state index contributed by atoms with van der Waals surface area (Å²) in [5.41, 5.74) is 3.45. The van der Waals surface area contributed by atoms with Crippen molar-refractivity contribution in [3.63, 3.8) is 0 Å². The number of carbonyl (C=O) groups is 1. The highest BCUT2D eigenvalue weighted by Gasteiger charge is 2.53. The van der Waals surface area contributed by atoms with Crippen LogP contribution in [0.4, 0.5) is 23.2 Å². The molecule has 0 aromatic heterocycles. The van der Waals surface area contributed by atoms with E-state index in [0.717, 1.165) is 11.0 Å². The summed E-state index contributed by atoms with van der Waals surface area (Å²) in [5.74, 6) is -1.11. The first-order chi connectivity index (χ1) is 11.7. The molecule has 5 nitrogen and oxygen atoms in total. The summed E-state index contributed by atoms with van der Waals surface area (Å²) in [7, 11) is 2.72. The number of hydrogen-bond acceptors (Lipinski definition) is 4. The predicted octanol–water partition coefficient (Wildman–Crippen LogP) is 2.85. The molecular weight excluding hydrogens is 352 g/mol. The van der Waals surface area contributed by atoms with E-state index in [1.807, 2.05) is 0 Å². The van der Waals surface area contributed by atoms with Gasteiger partial charge in [-0.2, -0.15) is 13.2 Å². The van der Waals surface area contributed by atoms with E-state index in [2.05, 4.69) is 4.99 Å². The molecule has 0 fully saturated rings. The third-order valence-corrected chi connectivity index (χ3v) is 5.07. The number of aliphatic imine (C=N–C) groups is 1. The quantitative estimate of drug-likeness (QED) is 0.828. The lowest BCUT2D eigenvalue weighted by atomic mass is 9.67. The number of benzene rings is 1. The van der Waals surface area contributed by atoms with E-state index in [-0.39, 0.29) is 23.1 Å². The number of alkyl halides is 3. The van der Waals surface area contributed by atoms with Gasteiger partial charge in [-0.25, -0.2) is 9.38 Å². The Morgan fingerprint density at radius 3 is 2.38 bits per heavy atom. The van der Waals surface area contributed by atoms with E-state index in [9.17, 15) is 22.4 Å². The van der Waals surface area contributed by atoms with Gasteiger partial charge in [-0.15, -0.1) is 0 Å². The second-order valence-electron chi connectivity index (χ2n) is 7.17. The zero-order chi connectivity index (χ0) is 20.1. The maximum Gasteiger partial charge on any atom is 0.405 e. The Morgan fingerprint density at radius 2 is 1.85 bits per heavy atom. The van der Waals surface area contributed by atoms with Crippen LogP contribution in [-0.4, -0.2) is 43.6 Å². The molecule has 0 saturated carbocycles. The lowest BCUT2D eigenvalue weighted by molar-refractivity contribution is -0.140. The maximum atomic E-state index is 14.6. The van der Waals surface area contributed by atoms with Gasteiger partial charge in [0.15, 0.2) is 5.96 Å². The van der Waals surface area contributed by atoms with Gasteiger partial charge in [0.2, 0.25) is 5.91 Å². The van der Waals surface area contributed by atoms with Crippen molar-refractivity contribution in [2.45, 2.75) is 32.5 Å². The van der Waals surface area contributed by atoms with Crippen molar-refractivity contribution >= 4 is 17.6 Å². The van der Waals surface area contributed by atoms with Gasteiger partial charge in [-0.05, 0) is 39.0 Å². The normalized spacial score (nSPS) is 23.0. The van der Waals surface area contributed by atoms with Gasteiger partial charge in [0.1, 0.15) is 17.9 Å². The second-order valence-corrected chi connectivity index (χ2v) is 7.17. The zero-order valence-corrected chi connectivity index (χ0v) is 15.3. The summed E-state index contributed by atoms with van der Waals surface area (Å²) < 4.78 is 52.6. The number of rotatable bonds is 3. The summed E-state index contributed by atoms with van der Waals surface area (Å²) >= 11 is 0. The minimum absolute atomic E-state index is 0.0124. The third-order valence-electron chi connectivity index (χ3n) is 5.07. The van der Waals surface area contributed by atoms with Crippen molar-refractivity contribution in [3.8, 4) is 0 Å². The van der Waals surface area contributed by atoms with Crippen LogP contribution in [-0.2, 0) is 10.3 Å². The summed E-state index contributed by atoms with van der Waals surface area (Å²) in [6.45, 7) is 3.57. The molecule has 2 N–H and O–H groups in total. The molecule has 1 heterocycles. The van der Waals surface area contributed by atoms with Crippen LogP contribution in [0.2, 0.25) is 0 Å². The number of nitrogens with zero attached hydrogens (tertiary/aromatic N) is 3. The van der Waals surface area contributed by atoms with Crippen LogP contribution < -0.4 is 10.6 Å². The van der Waals surface area contributed by atoms with Crippen molar-refractivity contribution in [1.29, 1.82) is 0 Å². The predicted molar refractivity (Wildman–Crippen MR) is 91.3 cm³/mol. The highest BCUT2D eigenvalue weighted by molar-refractivity contribution is 6.01. The Bertz CT molecular complexity index is 760. The van der Waals surface area contributed by atoms with Crippen LogP contribution >= 0.6 is 0 Å². The molecule has 0 aliphatic carbocycles. The van der Waals surface area contributed by atoms with Gasteiger partial charge in [0.25, 0.3) is 0 Å². The Balaban J connectivity index is 2.60. The average Bonchev–Trinajstić information content (AvgIpc) is 2.50. The van der Waals surface area contributed by atoms with E-state index in [0.29, 0.717) is 0 Å². The zero-order valence-electron chi connectivity index (χ0n) is 15.3. The van der Waals surface area contributed by atoms with Gasteiger partial charge in [0.05, 0.1) is 5.41 Å². The van der Waals surface area contributed by atoms with Crippen LogP contribution in [0.25, 0.3) is 0 Å². The summed E-state index contributed by atoms with van der Waals surface area (Å²) in [6.07, 6.45) is -4.40. The van der Waals surface area contributed by atoms with Gasteiger partial charge in [-0.1, -0.05) is 0 Å². The molecular formula is C17H22F4N4O. The minimum atomic E-state index is -4.40. The van der Waals surface area contributed by atoms with Gasteiger partial charge < -0.3 is 10.6 Å². The number of hydrogen-bond donors (Lipinski definition) is 1. The summed E-state index contributed by atoms with van der Waals surface area (Å²) in [4.78, 5) is 19.1. The topological polar surface area (TPSA) is 61.9 Å². The average molecular weight is 374 g/mol. The van der Waals surface area contributed by atoms with E-state index >= 15 is 0 Å².